The maximum atomic E-state index is 5.47. The summed E-state index contributed by atoms with van der Waals surface area (Å²) in [7, 11) is 3.60. The molecule has 1 atom stereocenters. The van der Waals surface area contributed by atoms with Crippen LogP contribution in [0, 0.1) is 0 Å². The molecule has 0 aliphatic heterocycles. The van der Waals surface area contributed by atoms with Crippen LogP contribution in [0.4, 0.5) is 0 Å². The van der Waals surface area contributed by atoms with Crippen molar-refractivity contribution in [2.75, 3.05) is 14.2 Å². The maximum absolute atomic E-state index is 5.47. The Hall–Kier alpha value is -2.34. The number of fused-ring (bicyclic) bond motifs is 1. The summed E-state index contributed by atoms with van der Waals surface area (Å²) in [6, 6.07) is 6.02. The van der Waals surface area contributed by atoms with E-state index >= 15 is 0 Å². The van der Waals surface area contributed by atoms with Crippen LogP contribution >= 0.6 is 0 Å². The summed E-state index contributed by atoms with van der Waals surface area (Å²) in [5.41, 5.74) is 3.19. The van der Waals surface area contributed by atoms with Gasteiger partial charge in [-0.2, -0.15) is 10.2 Å². The van der Waals surface area contributed by atoms with Crippen LogP contribution in [-0.2, 0) is 6.54 Å². The summed E-state index contributed by atoms with van der Waals surface area (Å²) >= 11 is 0. The van der Waals surface area contributed by atoms with Crippen LogP contribution in [0.2, 0.25) is 0 Å². The molecule has 0 aromatic carbocycles. The third kappa shape index (κ3) is 2.17. The molecule has 0 fully saturated rings. The highest BCUT2D eigenvalue weighted by Gasteiger charge is 2.24. The molecular weight excluding hydrogens is 266 g/mol. The summed E-state index contributed by atoms with van der Waals surface area (Å²) < 4.78 is 9.29. The van der Waals surface area contributed by atoms with Gasteiger partial charge in [-0.05, 0) is 26.1 Å². The fraction of sp³-hybridized carbons (Fsp3) is 0.333. The Labute approximate surface area is 123 Å². The number of rotatable bonds is 5. The molecule has 0 aliphatic rings. The predicted octanol–water partition coefficient (Wildman–Crippen LogP) is 1.87. The predicted molar refractivity (Wildman–Crippen MR) is 80.5 cm³/mol. The van der Waals surface area contributed by atoms with Crippen molar-refractivity contribution in [2.45, 2.75) is 19.5 Å². The van der Waals surface area contributed by atoms with Crippen LogP contribution in [0.3, 0.4) is 0 Å². The standard InChI is InChI=1S/C15H19N5O/c1-4-19-15(13(21-3)10-18-19)14(16-2)11-9-17-20-8-6-5-7-12(11)20/h5-10,14,16H,4H2,1-3H3. The van der Waals surface area contributed by atoms with Gasteiger partial charge in [-0.15, -0.1) is 0 Å². The molecule has 0 amide bonds. The molecule has 3 rings (SSSR count). The van der Waals surface area contributed by atoms with Gasteiger partial charge in [0.1, 0.15) is 5.69 Å². The highest BCUT2D eigenvalue weighted by molar-refractivity contribution is 5.57. The number of hydrogen-bond donors (Lipinski definition) is 1. The number of nitrogens with one attached hydrogen (secondary N) is 1. The van der Waals surface area contributed by atoms with E-state index in [2.05, 4.69) is 28.5 Å². The van der Waals surface area contributed by atoms with E-state index in [0.717, 1.165) is 29.1 Å². The number of ether oxygens (including phenoxy) is 1. The zero-order chi connectivity index (χ0) is 14.8. The van der Waals surface area contributed by atoms with Crippen molar-refractivity contribution < 1.29 is 4.74 Å². The van der Waals surface area contributed by atoms with Crippen LogP contribution in [-0.4, -0.2) is 33.6 Å². The molecule has 3 aromatic heterocycles. The van der Waals surface area contributed by atoms with E-state index < -0.39 is 0 Å². The lowest BCUT2D eigenvalue weighted by molar-refractivity contribution is 0.401. The number of aromatic nitrogens is 4. The first-order valence-electron chi connectivity index (χ1n) is 6.99. The van der Waals surface area contributed by atoms with Crippen LogP contribution < -0.4 is 10.1 Å². The lowest BCUT2D eigenvalue weighted by Crippen LogP contribution is -2.22. The molecule has 3 aromatic rings. The molecule has 0 spiro atoms. The van der Waals surface area contributed by atoms with Gasteiger partial charge in [-0.1, -0.05) is 6.07 Å². The van der Waals surface area contributed by atoms with Crippen LogP contribution in [0.1, 0.15) is 24.2 Å². The Morgan fingerprint density at radius 2 is 2.14 bits per heavy atom. The average molecular weight is 285 g/mol. The van der Waals surface area contributed by atoms with E-state index in [1.807, 2.05) is 40.8 Å². The molecule has 3 heterocycles. The summed E-state index contributed by atoms with van der Waals surface area (Å²) in [6.45, 7) is 2.86. The lowest BCUT2D eigenvalue weighted by Gasteiger charge is -2.18. The zero-order valence-corrected chi connectivity index (χ0v) is 12.4. The van der Waals surface area contributed by atoms with Gasteiger partial charge in [0.25, 0.3) is 0 Å². The van der Waals surface area contributed by atoms with Crippen molar-refractivity contribution in [1.82, 2.24) is 24.7 Å². The molecule has 1 N–H and O–H groups in total. The third-order valence-electron chi connectivity index (χ3n) is 3.69. The summed E-state index contributed by atoms with van der Waals surface area (Å²) in [6.07, 6.45) is 5.59. The van der Waals surface area contributed by atoms with Gasteiger partial charge >= 0.3 is 0 Å². The normalized spacial score (nSPS) is 12.7. The smallest absolute Gasteiger partial charge is 0.161 e. The Bertz CT molecular complexity index is 724. The fourth-order valence-electron chi connectivity index (χ4n) is 2.69. The van der Waals surface area contributed by atoms with Crippen molar-refractivity contribution in [3.05, 3.63) is 48.0 Å². The SMILES string of the molecule is CCn1ncc(OC)c1C(NC)c1cnn2ccccc12. The van der Waals surface area contributed by atoms with Gasteiger partial charge < -0.3 is 10.1 Å². The second-order valence-electron chi connectivity index (χ2n) is 4.77. The minimum Gasteiger partial charge on any atom is -0.493 e. The summed E-state index contributed by atoms with van der Waals surface area (Å²) in [5, 5.41) is 12.2. The Morgan fingerprint density at radius 3 is 2.86 bits per heavy atom. The molecule has 6 heteroatoms. The van der Waals surface area contributed by atoms with E-state index in [1.54, 1.807) is 13.3 Å². The van der Waals surface area contributed by atoms with E-state index in [4.69, 9.17) is 4.74 Å². The number of nitrogens with zero attached hydrogens (tertiary/aromatic N) is 4. The van der Waals surface area contributed by atoms with E-state index in [-0.39, 0.29) is 6.04 Å². The first kappa shape index (κ1) is 13.6. The van der Waals surface area contributed by atoms with Crippen molar-refractivity contribution >= 4 is 5.52 Å². The van der Waals surface area contributed by atoms with Gasteiger partial charge in [0, 0.05) is 18.3 Å². The number of aryl methyl sites for hydroxylation is 1. The quantitative estimate of drug-likeness (QED) is 0.777. The molecule has 21 heavy (non-hydrogen) atoms. The first-order chi connectivity index (χ1) is 10.3. The highest BCUT2D eigenvalue weighted by Crippen LogP contribution is 2.31. The van der Waals surface area contributed by atoms with Gasteiger partial charge in [-0.3, -0.25) is 4.68 Å². The molecule has 0 bridgehead atoms. The minimum atomic E-state index is -0.0256. The highest BCUT2D eigenvalue weighted by atomic mass is 16.5. The second kappa shape index (κ2) is 5.57. The first-order valence-corrected chi connectivity index (χ1v) is 6.99. The average Bonchev–Trinajstić information content (AvgIpc) is 3.13. The molecule has 110 valence electrons. The molecule has 0 radical (unpaired) electrons. The molecule has 0 aliphatic carbocycles. The molecule has 0 saturated heterocycles. The van der Waals surface area contributed by atoms with Gasteiger partial charge in [0.2, 0.25) is 0 Å². The Morgan fingerprint density at radius 1 is 1.29 bits per heavy atom. The molecule has 6 nitrogen and oxygen atoms in total. The number of pyridine rings is 1. The second-order valence-corrected chi connectivity index (χ2v) is 4.77. The minimum absolute atomic E-state index is 0.0256. The largest absolute Gasteiger partial charge is 0.493 e. The Balaban J connectivity index is 2.16. The summed E-state index contributed by atoms with van der Waals surface area (Å²) in [5.74, 6) is 0.784. The van der Waals surface area contributed by atoms with Gasteiger partial charge in [0.15, 0.2) is 5.75 Å². The van der Waals surface area contributed by atoms with Crippen molar-refractivity contribution in [2.24, 2.45) is 0 Å². The fourth-order valence-corrected chi connectivity index (χ4v) is 2.69. The zero-order valence-electron chi connectivity index (χ0n) is 12.4. The van der Waals surface area contributed by atoms with Crippen molar-refractivity contribution in [3.63, 3.8) is 0 Å². The molecule has 1 unspecified atom stereocenters. The Kier molecular flexibility index (Phi) is 3.62. The van der Waals surface area contributed by atoms with E-state index in [0.29, 0.717) is 0 Å². The lowest BCUT2D eigenvalue weighted by atomic mass is 10.0. The van der Waals surface area contributed by atoms with Gasteiger partial charge in [0.05, 0.1) is 31.1 Å². The monoisotopic (exact) mass is 285 g/mol. The molecule has 0 saturated carbocycles. The van der Waals surface area contributed by atoms with Crippen LogP contribution in [0.5, 0.6) is 5.75 Å². The topological polar surface area (TPSA) is 56.4 Å². The van der Waals surface area contributed by atoms with Gasteiger partial charge in [-0.25, -0.2) is 4.52 Å². The number of hydrogen-bond acceptors (Lipinski definition) is 4. The van der Waals surface area contributed by atoms with E-state index in [9.17, 15) is 0 Å². The van der Waals surface area contributed by atoms with E-state index in [1.165, 1.54) is 0 Å². The van der Waals surface area contributed by atoms with Crippen molar-refractivity contribution in [3.8, 4) is 5.75 Å². The van der Waals surface area contributed by atoms with Crippen molar-refractivity contribution in [1.29, 1.82) is 0 Å². The van der Waals surface area contributed by atoms with Crippen LogP contribution in [0.25, 0.3) is 5.52 Å². The maximum Gasteiger partial charge on any atom is 0.161 e. The number of methoxy groups -OCH3 is 1. The summed E-state index contributed by atoms with van der Waals surface area (Å²) in [4.78, 5) is 0. The van der Waals surface area contributed by atoms with Crippen LogP contribution in [0.15, 0.2) is 36.8 Å². The molecular formula is C15H19N5O. The third-order valence-corrected chi connectivity index (χ3v) is 3.69.